The van der Waals surface area contributed by atoms with Crippen molar-refractivity contribution in [2.45, 2.75) is 32.0 Å². The highest BCUT2D eigenvalue weighted by atomic mass is 19.1. The highest BCUT2D eigenvalue weighted by Gasteiger charge is 2.39. The molecule has 1 saturated heterocycles. The third-order valence-electron chi connectivity index (χ3n) is 5.81. The minimum absolute atomic E-state index is 0.0401. The first-order chi connectivity index (χ1) is 16.4. The number of hydrogen-bond donors (Lipinski definition) is 0. The van der Waals surface area contributed by atoms with Crippen LogP contribution in [-0.4, -0.2) is 56.1 Å². The first kappa shape index (κ1) is 21.9. The zero-order chi connectivity index (χ0) is 23.8. The van der Waals surface area contributed by atoms with E-state index in [-0.39, 0.29) is 18.8 Å². The Balaban J connectivity index is 1.24. The summed E-state index contributed by atoms with van der Waals surface area (Å²) in [5.41, 5.74) is 1.60. The summed E-state index contributed by atoms with van der Waals surface area (Å²) in [4.78, 5) is 18.5. The lowest BCUT2D eigenvalue weighted by atomic mass is 10.0. The molecule has 1 fully saturated rings. The molecule has 1 aromatic carbocycles. The number of benzene rings is 1. The number of pyridine rings is 1. The van der Waals surface area contributed by atoms with Crippen LogP contribution in [0.25, 0.3) is 11.4 Å². The number of carbonyl (C=O) groups is 1. The third-order valence-corrected chi connectivity index (χ3v) is 5.81. The van der Waals surface area contributed by atoms with Gasteiger partial charge in [-0.2, -0.15) is 10.2 Å². The van der Waals surface area contributed by atoms with Gasteiger partial charge in [-0.15, -0.1) is 0 Å². The van der Waals surface area contributed by atoms with Gasteiger partial charge in [-0.3, -0.25) is 9.67 Å². The fourth-order valence-corrected chi connectivity index (χ4v) is 4.09. The van der Waals surface area contributed by atoms with E-state index in [0.29, 0.717) is 24.2 Å². The van der Waals surface area contributed by atoms with Gasteiger partial charge in [0, 0.05) is 37.5 Å². The zero-order valence-electron chi connectivity index (χ0n) is 18.2. The normalized spacial score (nSPS) is 17.8. The monoisotopic (exact) mass is 470 g/mol. The van der Waals surface area contributed by atoms with Gasteiger partial charge in [0.05, 0.1) is 36.7 Å². The Hall–Kier alpha value is -3.89. The van der Waals surface area contributed by atoms with E-state index < -0.39 is 35.6 Å². The van der Waals surface area contributed by atoms with E-state index in [9.17, 15) is 18.0 Å². The molecule has 0 spiro atoms. The predicted octanol–water partition coefficient (Wildman–Crippen LogP) is 4.00. The van der Waals surface area contributed by atoms with Crippen molar-refractivity contribution in [3.05, 3.63) is 65.7 Å². The number of hydrogen-bond acceptors (Lipinski definition) is 5. The van der Waals surface area contributed by atoms with E-state index in [2.05, 4.69) is 15.2 Å². The van der Waals surface area contributed by atoms with E-state index in [1.807, 2.05) is 6.92 Å². The standard InChI is InChI=1S/C23H21F3N6O2/c1-2-31-21(4-5-28-31)19-10-22(18(26)11-27-19)34-17-12-30(13-17)23(33)32-20(3-6-29-32)14-7-15(24)9-16(25)8-14/h4-11,17,20H,2-3,12-13H2,1H3. The summed E-state index contributed by atoms with van der Waals surface area (Å²) in [5.74, 6) is -1.99. The van der Waals surface area contributed by atoms with Crippen molar-refractivity contribution in [3.8, 4) is 17.1 Å². The Kier molecular flexibility index (Phi) is 5.68. The number of hydrazone groups is 1. The lowest BCUT2D eigenvalue weighted by Gasteiger charge is -2.41. The van der Waals surface area contributed by atoms with Gasteiger partial charge in [-0.1, -0.05) is 0 Å². The van der Waals surface area contributed by atoms with Gasteiger partial charge in [0.25, 0.3) is 0 Å². The molecule has 4 heterocycles. The average Bonchev–Trinajstić information content (AvgIpc) is 3.45. The van der Waals surface area contributed by atoms with Crippen LogP contribution in [0.1, 0.15) is 24.9 Å². The molecule has 0 radical (unpaired) electrons. The molecule has 3 aromatic rings. The van der Waals surface area contributed by atoms with Crippen molar-refractivity contribution in [2.24, 2.45) is 5.10 Å². The summed E-state index contributed by atoms with van der Waals surface area (Å²) < 4.78 is 49.2. The molecule has 34 heavy (non-hydrogen) atoms. The number of nitrogens with zero attached hydrogens (tertiary/aromatic N) is 6. The van der Waals surface area contributed by atoms with Gasteiger partial charge in [-0.25, -0.2) is 23.0 Å². The van der Waals surface area contributed by atoms with Crippen LogP contribution in [0.2, 0.25) is 0 Å². The lowest BCUT2D eigenvalue weighted by molar-refractivity contribution is 0.0256. The second kappa shape index (κ2) is 8.81. The van der Waals surface area contributed by atoms with Crippen molar-refractivity contribution < 1.29 is 22.7 Å². The molecular formula is C23H21F3N6O2. The van der Waals surface area contributed by atoms with Crippen LogP contribution >= 0.6 is 0 Å². The maximum atomic E-state index is 14.3. The van der Waals surface area contributed by atoms with Gasteiger partial charge in [0.2, 0.25) is 0 Å². The number of urea groups is 1. The number of aromatic nitrogens is 3. The smallest absolute Gasteiger partial charge is 0.341 e. The molecule has 11 heteroatoms. The average molecular weight is 470 g/mol. The van der Waals surface area contributed by atoms with E-state index >= 15 is 0 Å². The van der Waals surface area contributed by atoms with Crippen LogP contribution in [0.5, 0.6) is 5.75 Å². The molecule has 1 unspecified atom stereocenters. The largest absolute Gasteiger partial charge is 0.483 e. The molecule has 0 aliphatic carbocycles. The van der Waals surface area contributed by atoms with Crippen molar-refractivity contribution >= 4 is 12.2 Å². The first-order valence-electron chi connectivity index (χ1n) is 10.8. The third kappa shape index (κ3) is 4.09. The van der Waals surface area contributed by atoms with Crippen molar-refractivity contribution in [1.82, 2.24) is 24.7 Å². The summed E-state index contributed by atoms with van der Waals surface area (Å²) in [6, 6.07) is 5.46. The van der Waals surface area contributed by atoms with E-state index in [4.69, 9.17) is 4.74 Å². The number of rotatable bonds is 5. The molecule has 176 valence electrons. The molecule has 2 aliphatic heterocycles. The number of aryl methyl sites for hydroxylation is 1. The van der Waals surface area contributed by atoms with Crippen molar-refractivity contribution in [2.75, 3.05) is 13.1 Å². The number of halogens is 3. The minimum Gasteiger partial charge on any atom is -0.483 e. The molecule has 8 nitrogen and oxygen atoms in total. The second-order valence-corrected chi connectivity index (χ2v) is 8.06. The summed E-state index contributed by atoms with van der Waals surface area (Å²) in [7, 11) is 0. The van der Waals surface area contributed by atoms with Crippen LogP contribution in [0.4, 0.5) is 18.0 Å². The Morgan fingerprint density at radius 1 is 1.15 bits per heavy atom. The first-order valence-corrected chi connectivity index (χ1v) is 10.8. The molecule has 0 N–H and O–H groups in total. The van der Waals surface area contributed by atoms with Crippen LogP contribution < -0.4 is 4.74 Å². The molecule has 1 atom stereocenters. The second-order valence-electron chi connectivity index (χ2n) is 8.06. The SMILES string of the molecule is CCn1nccc1-c1cc(OC2CN(C(=O)N3N=CCC3c3cc(F)cc(F)c3)C2)c(F)cn1. The molecule has 2 aromatic heterocycles. The Bertz CT molecular complexity index is 1240. The van der Waals surface area contributed by atoms with E-state index in [0.717, 1.165) is 18.0 Å². The van der Waals surface area contributed by atoms with E-state index in [1.165, 1.54) is 34.3 Å². The summed E-state index contributed by atoms with van der Waals surface area (Å²) >= 11 is 0. The van der Waals surface area contributed by atoms with Gasteiger partial charge in [0.15, 0.2) is 11.6 Å². The van der Waals surface area contributed by atoms with Gasteiger partial charge >= 0.3 is 6.03 Å². The van der Waals surface area contributed by atoms with Gasteiger partial charge < -0.3 is 9.64 Å². The quantitative estimate of drug-likeness (QED) is 0.565. The molecule has 2 amide bonds. The van der Waals surface area contributed by atoms with Crippen LogP contribution in [0.3, 0.4) is 0 Å². The van der Waals surface area contributed by atoms with Crippen LogP contribution in [0, 0.1) is 17.5 Å². The maximum Gasteiger partial charge on any atom is 0.341 e. The van der Waals surface area contributed by atoms with E-state index in [1.54, 1.807) is 16.9 Å². The minimum atomic E-state index is -0.715. The summed E-state index contributed by atoms with van der Waals surface area (Å²) in [6.45, 7) is 3.02. The Morgan fingerprint density at radius 2 is 1.91 bits per heavy atom. The summed E-state index contributed by atoms with van der Waals surface area (Å²) in [5, 5.41) is 9.50. The van der Waals surface area contributed by atoms with Gasteiger partial charge in [0.1, 0.15) is 17.7 Å². The number of amides is 2. The number of carbonyl (C=O) groups excluding carboxylic acids is 1. The fourth-order valence-electron chi connectivity index (χ4n) is 4.09. The molecule has 2 aliphatic rings. The number of likely N-dealkylation sites (tertiary alicyclic amines) is 1. The van der Waals surface area contributed by atoms with Crippen LogP contribution in [-0.2, 0) is 6.54 Å². The molecule has 0 saturated carbocycles. The topological polar surface area (TPSA) is 75.8 Å². The van der Waals surface area contributed by atoms with Gasteiger partial charge in [-0.05, 0) is 30.7 Å². The molecule has 5 rings (SSSR count). The van der Waals surface area contributed by atoms with Crippen LogP contribution in [0.15, 0.2) is 47.8 Å². The Morgan fingerprint density at radius 3 is 2.65 bits per heavy atom. The zero-order valence-corrected chi connectivity index (χ0v) is 18.2. The molecular weight excluding hydrogens is 449 g/mol. The lowest BCUT2D eigenvalue weighted by Crippen LogP contribution is -2.58. The predicted molar refractivity (Wildman–Crippen MR) is 117 cm³/mol. The fraction of sp³-hybridized carbons (Fsp3) is 0.304. The highest BCUT2D eigenvalue weighted by Crippen LogP contribution is 2.32. The molecule has 0 bridgehead atoms. The number of ether oxygens (including phenoxy) is 1. The summed E-state index contributed by atoms with van der Waals surface area (Å²) in [6.07, 6.45) is 4.21. The van der Waals surface area contributed by atoms with Crippen molar-refractivity contribution in [3.63, 3.8) is 0 Å². The van der Waals surface area contributed by atoms with Crippen molar-refractivity contribution in [1.29, 1.82) is 0 Å². The maximum absolute atomic E-state index is 14.3. The highest BCUT2D eigenvalue weighted by molar-refractivity contribution is 5.79. The Labute approximate surface area is 193 Å².